The number of nitrogens with two attached hydrogens (primary N) is 1. The molecule has 14 heavy (non-hydrogen) atoms. The van der Waals surface area contributed by atoms with Gasteiger partial charge in [-0.25, -0.2) is 0 Å². The first-order valence-electron chi connectivity index (χ1n) is 5.11. The van der Waals surface area contributed by atoms with Gasteiger partial charge in [0.2, 0.25) is 0 Å². The lowest BCUT2D eigenvalue weighted by molar-refractivity contribution is 0.0966. The van der Waals surface area contributed by atoms with Crippen LogP contribution in [0.15, 0.2) is 0 Å². The average Bonchev–Trinajstić information content (AvgIpc) is 2.62. The van der Waals surface area contributed by atoms with E-state index in [9.17, 15) is 4.79 Å². The molecular formula is C11H16N2O. The van der Waals surface area contributed by atoms with Crippen molar-refractivity contribution in [2.24, 2.45) is 5.73 Å². The van der Waals surface area contributed by atoms with Crippen molar-refractivity contribution in [1.82, 2.24) is 4.98 Å². The van der Waals surface area contributed by atoms with Gasteiger partial charge < -0.3 is 10.7 Å². The first kappa shape index (κ1) is 9.46. The highest BCUT2D eigenvalue weighted by Gasteiger charge is 2.25. The summed E-state index contributed by atoms with van der Waals surface area (Å²) in [4.78, 5) is 15.1. The number of fused-ring (bicyclic) bond motifs is 1. The van der Waals surface area contributed by atoms with Gasteiger partial charge in [0, 0.05) is 17.0 Å². The van der Waals surface area contributed by atoms with Crippen LogP contribution in [0.3, 0.4) is 0 Å². The maximum Gasteiger partial charge on any atom is 0.181 e. The summed E-state index contributed by atoms with van der Waals surface area (Å²) < 4.78 is 0. The fraction of sp³-hybridized carbons (Fsp3) is 0.545. The van der Waals surface area contributed by atoms with Crippen molar-refractivity contribution < 1.29 is 4.79 Å². The molecule has 1 unspecified atom stereocenters. The Morgan fingerprint density at radius 3 is 2.86 bits per heavy atom. The summed E-state index contributed by atoms with van der Waals surface area (Å²) in [5.41, 5.74) is 9.92. The molecule has 0 saturated heterocycles. The number of aryl methyl sites for hydroxylation is 2. The summed E-state index contributed by atoms with van der Waals surface area (Å²) in [7, 11) is 0. The molecule has 1 aromatic rings. The van der Waals surface area contributed by atoms with Gasteiger partial charge in [-0.1, -0.05) is 0 Å². The molecule has 0 spiro atoms. The third-order valence-corrected chi connectivity index (χ3v) is 2.89. The van der Waals surface area contributed by atoms with Crippen molar-refractivity contribution in [3.8, 4) is 0 Å². The smallest absolute Gasteiger partial charge is 0.181 e. The predicted octanol–water partition coefficient (Wildman–Crippen LogP) is 1.34. The first-order valence-corrected chi connectivity index (χ1v) is 5.11. The number of H-pyrrole nitrogens is 1. The van der Waals surface area contributed by atoms with E-state index in [1.807, 2.05) is 6.92 Å². The highest BCUT2D eigenvalue weighted by molar-refractivity contribution is 6.02. The summed E-state index contributed by atoms with van der Waals surface area (Å²) in [5.74, 6) is 0.0712. The molecule has 1 heterocycles. The third-order valence-electron chi connectivity index (χ3n) is 2.89. The molecule has 3 nitrogen and oxygen atoms in total. The number of rotatable bonds is 2. The van der Waals surface area contributed by atoms with Crippen molar-refractivity contribution in [1.29, 1.82) is 0 Å². The normalized spacial score (nSPS) is 16.8. The lowest BCUT2D eigenvalue weighted by Gasteiger charge is -2.05. The highest BCUT2D eigenvalue weighted by Crippen LogP contribution is 2.28. The lowest BCUT2D eigenvalue weighted by atomic mass is 10.0. The minimum atomic E-state index is -0.394. The number of nitrogens with one attached hydrogen (secondary N) is 1. The maximum absolute atomic E-state index is 11.8. The molecule has 1 aliphatic rings. The monoisotopic (exact) mass is 192 g/mol. The van der Waals surface area contributed by atoms with E-state index in [0.29, 0.717) is 0 Å². The largest absolute Gasteiger partial charge is 0.362 e. The van der Waals surface area contributed by atoms with E-state index >= 15 is 0 Å². The van der Waals surface area contributed by atoms with Gasteiger partial charge in [-0.05, 0) is 38.7 Å². The molecule has 1 aliphatic carbocycles. The second-order valence-corrected chi connectivity index (χ2v) is 4.09. The molecule has 0 amide bonds. The average molecular weight is 192 g/mol. The summed E-state index contributed by atoms with van der Waals surface area (Å²) in [6.07, 6.45) is 3.25. The summed E-state index contributed by atoms with van der Waals surface area (Å²) in [5, 5.41) is 0. The summed E-state index contributed by atoms with van der Waals surface area (Å²) >= 11 is 0. The van der Waals surface area contributed by atoms with Gasteiger partial charge in [0.1, 0.15) is 0 Å². The molecule has 1 aromatic heterocycles. The van der Waals surface area contributed by atoms with Gasteiger partial charge in [-0.3, -0.25) is 4.79 Å². The Hall–Kier alpha value is -1.09. The van der Waals surface area contributed by atoms with Crippen LogP contribution >= 0.6 is 0 Å². The first-order chi connectivity index (χ1) is 6.61. The van der Waals surface area contributed by atoms with Gasteiger partial charge >= 0.3 is 0 Å². The number of Topliss-reactive ketones (excluding diaryl/α,β-unsaturated/α-hetero) is 1. The fourth-order valence-corrected chi connectivity index (χ4v) is 2.23. The SMILES string of the molecule is Cc1[nH]c2c(c1C(=O)C(C)N)CCC2. The van der Waals surface area contributed by atoms with Crippen LogP contribution in [0.25, 0.3) is 0 Å². The molecule has 3 heteroatoms. The number of hydrogen-bond donors (Lipinski definition) is 2. The second-order valence-electron chi connectivity index (χ2n) is 4.09. The molecule has 3 N–H and O–H groups in total. The summed E-state index contributed by atoms with van der Waals surface area (Å²) in [6.45, 7) is 3.70. The zero-order chi connectivity index (χ0) is 10.3. The van der Waals surface area contributed by atoms with Crippen molar-refractivity contribution in [3.63, 3.8) is 0 Å². The molecule has 0 aromatic carbocycles. The third kappa shape index (κ3) is 1.28. The lowest BCUT2D eigenvalue weighted by Crippen LogP contribution is -2.27. The maximum atomic E-state index is 11.8. The van der Waals surface area contributed by atoms with Gasteiger partial charge in [0.15, 0.2) is 5.78 Å². The van der Waals surface area contributed by atoms with Crippen LogP contribution < -0.4 is 5.73 Å². The topological polar surface area (TPSA) is 58.9 Å². The Labute approximate surface area is 83.7 Å². The molecule has 0 radical (unpaired) electrons. The molecule has 0 fully saturated rings. The number of carbonyl (C=O) groups is 1. The van der Waals surface area contributed by atoms with E-state index in [2.05, 4.69) is 4.98 Å². The molecule has 0 saturated carbocycles. The summed E-state index contributed by atoms with van der Waals surface area (Å²) in [6, 6.07) is -0.394. The van der Waals surface area contributed by atoms with E-state index in [1.54, 1.807) is 6.92 Å². The van der Waals surface area contributed by atoms with Crippen LogP contribution in [0.5, 0.6) is 0 Å². The Morgan fingerprint density at radius 2 is 2.21 bits per heavy atom. The van der Waals surface area contributed by atoms with Crippen LogP contribution in [0.4, 0.5) is 0 Å². The Morgan fingerprint density at radius 1 is 1.50 bits per heavy atom. The van der Waals surface area contributed by atoms with Gasteiger partial charge in [0.05, 0.1) is 6.04 Å². The Kier molecular flexibility index (Phi) is 2.19. The molecular weight excluding hydrogens is 176 g/mol. The zero-order valence-corrected chi connectivity index (χ0v) is 8.68. The minimum Gasteiger partial charge on any atom is -0.362 e. The number of ketones is 1. The van der Waals surface area contributed by atoms with Crippen LogP contribution in [0.2, 0.25) is 0 Å². The van der Waals surface area contributed by atoms with Crippen molar-refractivity contribution in [2.45, 2.75) is 39.2 Å². The molecule has 2 rings (SSSR count). The van der Waals surface area contributed by atoms with E-state index in [1.165, 1.54) is 11.3 Å². The Balaban J connectivity index is 2.47. The van der Waals surface area contributed by atoms with E-state index in [0.717, 1.165) is 30.5 Å². The van der Waals surface area contributed by atoms with Crippen LogP contribution in [-0.4, -0.2) is 16.8 Å². The number of carbonyl (C=O) groups excluding carboxylic acids is 1. The fourth-order valence-electron chi connectivity index (χ4n) is 2.23. The van der Waals surface area contributed by atoms with E-state index in [4.69, 9.17) is 5.73 Å². The van der Waals surface area contributed by atoms with E-state index < -0.39 is 6.04 Å². The van der Waals surface area contributed by atoms with Crippen molar-refractivity contribution in [2.75, 3.05) is 0 Å². The standard InChI is InChI=1S/C11H16N2O/c1-6(12)11(14)10-7(2)13-9-5-3-4-8(9)10/h6,13H,3-5,12H2,1-2H3. The molecule has 1 atom stereocenters. The zero-order valence-electron chi connectivity index (χ0n) is 8.68. The van der Waals surface area contributed by atoms with Crippen LogP contribution in [0, 0.1) is 6.92 Å². The highest BCUT2D eigenvalue weighted by atomic mass is 16.1. The second kappa shape index (κ2) is 3.24. The van der Waals surface area contributed by atoms with Crippen molar-refractivity contribution in [3.05, 3.63) is 22.5 Å². The number of aromatic amines is 1. The number of hydrogen-bond acceptors (Lipinski definition) is 2. The van der Waals surface area contributed by atoms with Gasteiger partial charge in [0.25, 0.3) is 0 Å². The predicted molar refractivity (Wildman–Crippen MR) is 55.5 cm³/mol. The number of aromatic nitrogens is 1. The van der Waals surface area contributed by atoms with Gasteiger partial charge in [-0.15, -0.1) is 0 Å². The minimum absolute atomic E-state index is 0.0712. The van der Waals surface area contributed by atoms with Crippen LogP contribution in [-0.2, 0) is 12.8 Å². The van der Waals surface area contributed by atoms with Gasteiger partial charge in [-0.2, -0.15) is 0 Å². The quantitative estimate of drug-likeness (QED) is 0.695. The van der Waals surface area contributed by atoms with Crippen molar-refractivity contribution >= 4 is 5.78 Å². The Bertz CT molecular complexity index is 377. The van der Waals surface area contributed by atoms with E-state index in [-0.39, 0.29) is 5.78 Å². The molecule has 76 valence electrons. The van der Waals surface area contributed by atoms with Crippen LogP contribution in [0.1, 0.15) is 40.7 Å². The molecule has 0 bridgehead atoms. The molecule has 0 aliphatic heterocycles.